The van der Waals surface area contributed by atoms with E-state index in [9.17, 15) is 9.59 Å². The number of hydrogen-bond acceptors (Lipinski definition) is 3. The summed E-state index contributed by atoms with van der Waals surface area (Å²) < 4.78 is 6.63. The number of rotatable bonds is 8. The number of aryl methyl sites for hydroxylation is 1. The number of hydrogen-bond donors (Lipinski definition) is 1. The number of carbonyl (C=O) groups is 2. The van der Waals surface area contributed by atoms with Gasteiger partial charge in [0.25, 0.3) is 5.91 Å². The van der Waals surface area contributed by atoms with E-state index in [1.165, 1.54) is 0 Å². The van der Waals surface area contributed by atoms with E-state index >= 15 is 0 Å². The molecule has 1 atom stereocenters. The molecule has 0 aliphatic rings. The molecule has 0 aliphatic heterocycles. The number of nitrogens with one attached hydrogen (secondary N) is 1. The maximum Gasteiger partial charge on any atom is 0.261 e. The molecule has 0 spiro atoms. The molecular weight excluding hydrogens is 444 g/mol. The molecule has 162 valence electrons. The molecule has 2 amide bonds. The Bertz CT molecular complexity index is 859. The predicted octanol–water partition coefficient (Wildman–Crippen LogP) is 4.86. The van der Waals surface area contributed by atoms with Crippen LogP contribution in [0.15, 0.2) is 53.0 Å². The zero-order chi connectivity index (χ0) is 22.3. The fourth-order valence-corrected chi connectivity index (χ4v) is 3.40. The van der Waals surface area contributed by atoms with Gasteiger partial charge < -0.3 is 15.0 Å². The largest absolute Gasteiger partial charge is 0.484 e. The molecule has 0 fully saturated rings. The van der Waals surface area contributed by atoms with Gasteiger partial charge in [-0.05, 0) is 63.9 Å². The van der Waals surface area contributed by atoms with Crippen LogP contribution in [-0.2, 0) is 16.1 Å². The van der Waals surface area contributed by atoms with Crippen molar-refractivity contribution < 1.29 is 14.3 Å². The van der Waals surface area contributed by atoms with Gasteiger partial charge in [-0.15, -0.1) is 0 Å². The van der Waals surface area contributed by atoms with Gasteiger partial charge in [0.05, 0.1) is 0 Å². The lowest BCUT2D eigenvalue weighted by molar-refractivity contribution is -0.143. The van der Waals surface area contributed by atoms with E-state index in [0.29, 0.717) is 18.7 Å². The van der Waals surface area contributed by atoms with Crippen LogP contribution in [-0.4, -0.2) is 34.9 Å². The molecule has 0 radical (unpaired) electrons. The lowest BCUT2D eigenvalue weighted by atomic mass is 10.1. The van der Waals surface area contributed by atoms with Gasteiger partial charge in [-0.2, -0.15) is 0 Å². The van der Waals surface area contributed by atoms with Crippen LogP contribution < -0.4 is 10.1 Å². The molecular formula is C24H31BrN2O3. The summed E-state index contributed by atoms with van der Waals surface area (Å²) >= 11 is 3.38. The van der Waals surface area contributed by atoms with Gasteiger partial charge in [-0.25, -0.2) is 0 Å². The Morgan fingerprint density at radius 1 is 1.13 bits per heavy atom. The van der Waals surface area contributed by atoms with E-state index in [0.717, 1.165) is 15.6 Å². The summed E-state index contributed by atoms with van der Waals surface area (Å²) in [6.45, 7) is 9.94. The predicted molar refractivity (Wildman–Crippen MR) is 123 cm³/mol. The summed E-state index contributed by atoms with van der Waals surface area (Å²) in [5, 5.41) is 3.00. The fraction of sp³-hybridized carbons (Fsp3) is 0.417. The monoisotopic (exact) mass is 474 g/mol. The summed E-state index contributed by atoms with van der Waals surface area (Å²) in [6, 6.07) is 14.7. The third-order valence-electron chi connectivity index (χ3n) is 4.50. The third kappa shape index (κ3) is 7.48. The molecule has 5 nitrogen and oxygen atoms in total. The Morgan fingerprint density at radius 2 is 1.80 bits per heavy atom. The van der Waals surface area contributed by atoms with Crippen LogP contribution in [0.5, 0.6) is 5.75 Å². The SMILES string of the molecule is CC[C@H](C(=O)NC(C)(C)C)N(Cc1cccc(C)c1)C(=O)COc1ccc(Br)cc1. The van der Waals surface area contributed by atoms with Crippen LogP contribution in [0.3, 0.4) is 0 Å². The summed E-state index contributed by atoms with van der Waals surface area (Å²) in [4.78, 5) is 27.7. The minimum absolute atomic E-state index is 0.132. The van der Waals surface area contributed by atoms with Crippen molar-refractivity contribution in [2.75, 3.05) is 6.61 Å². The van der Waals surface area contributed by atoms with Crippen LogP contribution in [0.4, 0.5) is 0 Å². The van der Waals surface area contributed by atoms with Gasteiger partial charge in [0.15, 0.2) is 6.61 Å². The van der Waals surface area contributed by atoms with E-state index in [2.05, 4.69) is 21.2 Å². The van der Waals surface area contributed by atoms with Crippen LogP contribution in [0.1, 0.15) is 45.2 Å². The first kappa shape index (κ1) is 23.9. The molecule has 0 aromatic heterocycles. The van der Waals surface area contributed by atoms with E-state index in [1.807, 2.05) is 71.0 Å². The maximum atomic E-state index is 13.2. The highest BCUT2D eigenvalue weighted by Crippen LogP contribution is 2.18. The second-order valence-corrected chi connectivity index (χ2v) is 9.33. The quantitative estimate of drug-likeness (QED) is 0.594. The minimum atomic E-state index is -0.578. The van der Waals surface area contributed by atoms with Gasteiger partial charge in [-0.3, -0.25) is 9.59 Å². The van der Waals surface area contributed by atoms with Gasteiger partial charge in [0.2, 0.25) is 5.91 Å². The average molecular weight is 475 g/mol. The van der Waals surface area contributed by atoms with Crippen molar-refractivity contribution in [1.82, 2.24) is 10.2 Å². The number of nitrogens with zero attached hydrogens (tertiary/aromatic N) is 1. The molecule has 1 N–H and O–H groups in total. The second-order valence-electron chi connectivity index (χ2n) is 8.42. The van der Waals surface area contributed by atoms with Crippen molar-refractivity contribution in [3.63, 3.8) is 0 Å². The highest BCUT2D eigenvalue weighted by molar-refractivity contribution is 9.10. The standard InChI is InChI=1S/C24H31BrN2O3/c1-6-21(23(29)26-24(3,4)5)27(15-18-9-7-8-17(2)14-18)22(28)16-30-20-12-10-19(25)11-13-20/h7-14,21H,6,15-16H2,1-5H3,(H,26,29)/t21-/m1/s1. The Balaban J connectivity index is 2.22. The summed E-state index contributed by atoms with van der Waals surface area (Å²) in [6.07, 6.45) is 0.512. The van der Waals surface area contributed by atoms with Crippen LogP contribution in [0, 0.1) is 6.92 Å². The molecule has 0 heterocycles. The molecule has 2 rings (SSSR count). The van der Waals surface area contributed by atoms with Gasteiger partial charge >= 0.3 is 0 Å². The smallest absolute Gasteiger partial charge is 0.261 e. The fourth-order valence-electron chi connectivity index (χ4n) is 3.14. The molecule has 0 unspecified atom stereocenters. The number of carbonyl (C=O) groups excluding carboxylic acids is 2. The van der Waals surface area contributed by atoms with Crippen molar-refractivity contribution in [2.45, 2.75) is 59.2 Å². The Labute approximate surface area is 187 Å². The van der Waals surface area contributed by atoms with Gasteiger partial charge in [0, 0.05) is 16.6 Å². The lowest BCUT2D eigenvalue weighted by Gasteiger charge is -2.33. The van der Waals surface area contributed by atoms with Gasteiger partial charge in [0.1, 0.15) is 11.8 Å². The topological polar surface area (TPSA) is 58.6 Å². The van der Waals surface area contributed by atoms with E-state index in [4.69, 9.17) is 4.74 Å². The Kier molecular flexibility index (Phi) is 8.47. The van der Waals surface area contributed by atoms with Crippen LogP contribution >= 0.6 is 15.9 Å². The maximum absolute atomic E-state index is 13.2. The Morgan fingerprint density at radius 3 is 2.37 bits per heavy atom. The first-order chi connectivity index (χ1) is 14.1. The first-order valence-electron chi connectivity index (χ1n) is 10.1. The Hall–Kier alpha value is -2.34. The van der Waals surface area contributed by atoms with Crippen molar-refractivity contribution >= 4 is 27.7 Å². The van der Waals surface area contributed by atoms with Gasteiger partial charge in [-0.1, -0.05) is 52.7 Å². The molecule has 30 heavy (non-hydrogen) atoms. The van der Waals surface area contributed by atoms with Crippen LogP contribution in [0.2, 0.25) is 0 Å². The lowest BCUT2D eigenvalue weighted by Crippen LogP contribution is -2.54. The number of benzene rings is 2. The molecule has 0 saturated heterocycles. The summed E-state index contributed by atoms with van der Waals surface area (Å²) in [7, 11) is 0. The van der Waals surface area contributed by atoms with Crippen molar-refractivity contribution in [1.29, 1.82) is 0 Å². The molecule has 6 heteroatoms. The molecule has 0 bridgehead atoms. The summed E-state index contributed by atoms with van der Waals surface area (Å²) in [5.74, 6) is 0.222. The normalized spacial score (nSPS) is 12.2. The van der Waals surface area contributed by atoms with Crippen molar-refractivity contribution in [3.8, 4) is 5.75 Å². The zero-order valence-electron chi connectivity index (χ0n) is 18.4. The zero-order valence-corrected chi connectivity index (χ0v) is 20.0. The summed E-state index contributed by atoms with van der Waals surface area (Å²) in [5.41, 5.74) is 1.71. The van der Waals surface area contributed by atoms with E-state index < -0.39 is 6.04 Å². The molecule has 0 saturated carbocycles. The number of amides is 2. The molecule has 0 aliphatic carbocycles. The second kappa shape index (κ2) is 10.6. The highest BCUT2D eigenvalue weighted by Gasteiger charge is 2.30. The average Bonchev–Trinajstić information content (AvgIpc) is 2.66. The van der Waals surface area contributed by atoms with E-state index in [-0.39, 0.29) is 24.0 Å². The first-order valence-corrected chi connectivity index (χ1v) is 10.9. The van der Waals surface area contributed by atoms with Crippen LogP contribution in [0.25, 0.3) is 0 Å². The molecule has 2 aromatic rings. The number of ether oxygens (including phenoxy) is 1. The van der Waals surface area contributed by atoms with Crippen molar-refractivity contribution in [3.05, 3.63) is 64.1 Å². The molecule has 2 aromatic carbocycles. The van der Waals surface area contributed by atoms with E-state index in [1.54, 1.807) is 17.0 Å². The number of halogens is 1. The van der Waals surface area contributed by atoms with Crippen molar-refractivity contribution in [2.24, 2.45) is 0 Å². The minimum Gasteiger partial charge on any atom is -0.484 e. The third-order valence-corrected chi connectivity index (χ3v) is 5.02. The highest BCUT2D eigenvalue weighted by atomic mass is 79.9.